The van der Waals surface area contributed by atoms with Crippen molar-refractivity contribution < 1.29 is 18.7 Å². The Morgan fingerprint density at radius 2 is 1.79 bits per heavy atom. The molecule has 2 aromatic carbocycles. The summed E-state index contributed by atoms with van der Waals surface area (Å²) in [6.07, 6.45) is 2.34. The van der Waals surface area contributed by atoms with E-state index in [1.54, 1.807) is 20.3 Å². The van der Waals surface area contributed by atoms with Crippen molar-refractivity contribution in [2.45, 2.75) is 18.9 Å². The van der Waals surface area contributed by atoms with Crippen molar-refractivity contribution in [3.63, 3.8) is 0 Å². The number of methoxy groups -OCH3 is 2. The van der Waals surface area contributed by atoms with Crippen LogP contribution in [0.1, 0.15) is 35.0 Å². The van der Waals surface area contributed by atoms with E-state index in [1.165, 1.54) is 12.8 Å². The largest absolute Gasteiger partial charge is 0.496 e. The standard InChI is InChI=1S/C23H26N2O4/c1-27-19-10-4-3-9-17(19)18(25-12-5-6-13-25)15-24-23(26)21-14-16-8-7-11-20(28-2)22(16)29-21/h3-4,7-11,14,18H,5-6,12-13,15H2,1-2H3,(H,24,26). The van der Waals surface area contributed by atoms with Gasteiger partial charge in [0.05, 0.1) is 20.3 Å². The number of hydrogen-bond donors (Lipinski definition) is 1. The van der Waals surface area contributed by atoms with Gasteiger partial charge in [0.1, 0.15) is 5.75 Å². The molecule has 1 aliphatic heterocycles. The molecule has 1 amide bonds. The summed E-state index contributed by atoms with van der Waals surface area (Å²) in [6, 6.07) is 15.4. The molecule has 0 bridgehead atoms. The predicted molar refractivity (Wildman–Crippen MR) is 112 cm³/mol. The quantitative estimate of drug-likeness (QED) is 0.656. The number of nitrogens with one attached hydrogen (secondary N) is 1. The Morgan fingerprint density at radius 3 is 2.55 bits per heavy atom. The molecule has 6 heteroatoms. The first-order chi connectivity index (χ1) is 14.2. The molecule has 1 fully saturated rings. The van der Waals surface area contributed by atoms with Gasteiger partial charge < -0.3 is 19.2 Å². The van der Waals surface area contributed by atoms with E-state index in [9.17, 15) is 4.79 Å². The van der Waals surface area contributed by atoms with E-state index in [2.05, 4.69) is 16.3 Å². The zero-order valence-electron chi connectivity index (χ0n) is 16.8. The maximum Gasteiger partial charge on any atom is 0.287 e. The van der Waals surface area contributed by atoms with Crippen LogP contribution in [0.3, 0.4) is 0 Å². The number of benzene rings is 2. The van der Waals surface area contributed by atoms with E-state index in [0.717, 1.165) is 29.8 Å². The third-order valence-corrected chi connectivity index (χ3v) is 5.49. The van der Waals surface area contributed by atoms with Crippen LogP contribution >= 0.6 is 0 Å². The van der Waals surface area contributed by atoms with Crippen LogP contribution in [0.5, 0.6) is 11.5 Å². The molecule has 1 aliphatic rings. The molecule has 1 N–H and O–H groups in total. The number of carbonyl (C=O) groups is 1. The van der Waals surface area contributed by atoms with Gasteiger partial charge in [-0.05, 0) is 44.1 Å². The SMILES string of the molecule is COc1ccccc1C(CNC(=O)c1cc2cccc(OC)c2o1)N1CCCC1. The number of ether oxygens (including phenoxy) is 2. The van der Waals surface area contributed by atoms with Crippen LogP contribution in [-0.4, -0.2) is 44.7 Å². The van der Waals surface area contributed by atoms with E-state index in [0.29, 0.717) is 17.9 Å². The monoisotopic (exact) mass is 394 g/mol. The van der Waals surface area contributed by atoms with Crippen LogP contribution < -0.4 is 14.8 Å². The van der Waals surface area contributed by atoms with Crippen molar-refractivity contribution in [3.05, 3.63) is 59.9 Å². The highest BCUT2D eigenvalue weighted by atomic mass is 16.5. The lowest BCUT2D eigenvalue weighted by Gasteiger charge is -2.29. The summed E-state index contributed by atoms with van der Waals surface area (Å²) in [7, 11) is 3.27. The van der Waals surface area contributed by atoms with Crippen LogP contribution in [0, 0.1) is 0 Å². The first kappa shape index (κ1) is 19.3. The first-order valence-corrected chi connectivity index (χ1v) is 9.93. The van der Waals surface area contributed by atoms with E-state index in [-0.39, 0.29) is 17.7 Å². The molecule has 1 atom stereocenters. The summed E-state index contributed by atoms with van der Waals surface area (Å²) in [5.41, 5.74) is 1.67. The van der Waals surface area contributed by atoms with Crippen LogP contribution in [-0.2, 0) is 0 Å². The molecule has 6 nitrogen and oxygen atoms in total. The number of amides is 1. The number of hydrogen-bond acceptors (Lipinski definition) is 5. The number of likely N-dealkylation sites (tertiary alicyclic amines) is 1. The second-order valence-electron chi connectivity index (χ2n) is 7.20. The van der Waals surface area contributed by atoms with E-state index in [4.69, 9.17) is 13.9 Å². The van der Waals surface area contributed by atoms with Gasteiger partial charge in [0.2, 0.25) is 0 Å². The minimum Gasteiger partial charge on any atom is -0.496 e. The number of para-hydroxylation sites is 2. The van der Waals surface area contributed by atoms with Gasteiger partial charge in [-0.15, -0.1) is 0 Å². The minimum absolute atomic E-state index is 0.0523. The lowest BCUT2D eigenvalue weighted by atomic mass is 10.0. The zero-order chi connectivity index (χ0) is 20.2. The second kappa shape index (κ2) is 8.57. The number of carbonyl (C=O) groups excluding carboxylic acids is 1. The third-order valence-electron chi connectivity index (χ3n) is 5.49. The highest BCUT2D eigenvalue weighted by Crippen LogP contribution is 2.32. The fourth-order valence-electron chi connectivity index (χ4n) is 4.02. The zero-order valence-corrected chi connectivity index (χ0v) is 16.8. The van der Waals surface area contributed by atoms with Gasteiger partial charge >= 0.3 is 0 Å². The van der Waals surface area contributed by atoms with Crippen molar-refractivity contribution >= 4 is 16.9 Å². The lowest BCUT2D eigenvalue weighted by Crippen LogP contribution is -2.36. The van der Waals surface area contributed by atoms with E-state index < -0.39 is 0 Å². The van der Waals surface area contributed by atoms with Crippen molar-refractivity contribution in [1.82, 2.24) is 10.2 Å². The highest BCUT2D eigenvalue weighted by molar-refractivity contribution is 5.97. The Labute approximate surface area is 170 Å². The molecule has 0 radical (unpaired) electrons. The summed E-state index contributed by atoms with van der Waals surface area (Å²) >= 11 is 0. The molecular weight excluding hydrogens is 368 g/mol. The fraction of sp³-hybridized carbons (Fsp3) is 0.348. The molecule has 0 spiro atoms. The molecular formula is C23H26N2O4. The molecule has 0 saturated carbocycles. The molecule has 152 valence electrons. The van der Waals surface area contributed by atoms with Crippen molar-refractivity contribution in [2.75, 3.05) is 33.9 Å². The molecule has 0 aliphatic carbocycles. The van der Waals surface area contributed by atoms with Gasteiger partial charge in [-0.25, -0.2) is 0 Å². The lowest BCUT2D eigenvalue weighted by molar-refractivity contribution is 0.0911. The number of furan rings is 1. The van der Waals surface area contributed by atoms with Crippen molar-refractivity contribution in [2.24, 2.45) is 0 Å². The minimum atomic E-state index is -0.234. The first-order valence-electron chi connectivity index (χ1n) is 9.93. The summed E-state index contributed by atoms with van der Waals surface area (Å²) in [5, 5.41) is 3.90. The van der Waals surface area contributed by atoms with Gasteiger partial charge in [0.25, 0.3) is 5.91 Å². The number of rotatable bonds is 7. The smallest absolute Gasteiger partial charge is 0.287 e. The number of fused-ring (bicyclic) bond motifs is 1. The van der Waals surface area contributed by atoms with Gasteiger partial charge in [-0.1, -0.05) is 30.3 Å². The average molecular weight is 394 g/mol. The maximum atomic E-state index is 12.8. The Kier molecular flexibility index (Phi) is 5.71. The van der Waals surface area contributed by atoms with Gasteiger partial charge in [-0.3, -0.25) is 9.69 Å². The molecule has 1 aromatic heterocycles. The molecule has 2 heterocycles. The predicted octanol–water partition coefficient (Wildman–Crippen LogP) is 4.02. The molecule has 29 heavy (non-hydrogen) atoms. The third kappa shape index (κ3) is 3.93. The number of nitrogens with zero attached hydrogens (tertiary/aromatic N) is 1. The summed E-state index contributed by atoms with van der Waals surface area (Å²) in [5.74, 6) is 1.50. The van der Waals surface area contributed by atoms with E-state index >= 15 is 0 Å². The van der Waals surface area contributed by atoms with Crippen LogP contribution in [0.25, 0.3) is 11.0 Å². The highest BCUT2D eigenvalue weighted by Gasteiger charge is 2.27. The molecule has 4 rings (SSSR count). The van der Waals surface area contributed by atoms with Crippen LogP contribution in [0.15, 0.2) is 52.9 Å². The summed E-state index contributed by atoms with van der Waals surface area (Å²) < 4.78 is 16.7. The second-order valence-corrected chi connectivity index (χ2v) is 7.20. The van der Waals surface area contributed by atoms with Crippen molar-refractivity contribution in [1.29, 1.82) is 0 Å². The maximum absolute atomic E-state index is 12.8. The van der Waals surface area contributed by atoms with E-state index in [1.807, 2.05) is 36.4 Å². The van der Waals surface area contributed by atoms with Crippen LogP contribution in [0.2, 0.25) is 0 Å². The Bertz CT molecular complexity index is 991. The normalized spacial score (nSPS) is 15.4. The molecule has 3 aromatic rings. The van der Waals surface area contributed by atoms with Crippen molar-refractivity contribution in [3.8, 4) is 11.5 Å². The molecule has 1 saturated heterocycles. The topological polar surface area (TPSA) is 63.9 Å². The summed E-state index contributed by atoms with van der Waals surface area (Å²) in [6.45, 7) is 2.51. The molecule has 1 unspecified atom stereocenters. The fourth-order valence-corrected chi connectivity index (χ4v) is 4.02. The Morgan fingerprint density at radius 1 is 1.07 bits per heavy atom. The van der Waals surface area contributed by atoms with Gasteiger partial charge in [0, 0.05) is 17.5 Å². The van der Waals surface area contributed by atoms with Gasteiger partial charge in [-0.2, -0.15) is 0 Å². The Balaban J connectivity index is 1.55. The Hall–Kier alpha value is -2.99. The van der Waals surface area contributed by atoms with Crippen LogP contribution in [0.4, 0.5) is 0 Å². The summed E-state index contributed by atoms with van der Waals surface area (Å²) in [4.78, 5) is 15.2. The average Bonchev–Trinajstić information content (AvgIpc) is 3.44. The van der Waals surface area contributed by atoms with Gasteiger partial charge in [0.15, 0.2) is 17.1 Å².